The van der Waals surface area contributed by atoms with Crippen LogP contribution in [0, 0.1) is 11.8 Å². The maximum Gasteiger partial charge on any atom is 0.287 e. The molecule has 1 aromatic carbocycles. The molecule has 112 valence electrons. The average molecular weight is 296 g/mol. The monoisotopic (exact) mass is 296 g/mol. The molecule has 0 bridgehead atoms. The van der Waals surface area contributed by atoms with Gasteiger partial charge in [0.25, 0.3) is 5.91 Å². The number of rotatable bonds is 4. The minimum absolute atomic E-state index is 0.170. The molecule has 1 aromatic heterocycles. The van der Waals surface area contributed by atoms with Crippen LogP contribution in [-0.2, 0) is 4.79 Å². The Balaban J connectivity index is 1.77. The molecular weight excluding hydrogens is 280 g/mol. The Labute approximate surface area is 128 Å². The summed E-state index contributed by atoms with van der Waals surface area (Å²) in [6.07, 6.45) is 1.40. The lowest BCUT2D eigenvalue weighted by Crippen LogP contribution is -2.44. The van der Waals surface area contributed by atoms with Crippen LogP contribution in [0.5, 0.6) is 0 Å². The van der Waals surface area contributed by atoms with Crippen LogP contribution in [-0.4, -0.2) is 24.4 Å². The standard InChI is InChI=1S/C17H16N2O3/c1-13(19-17(21)15-10-6-12-22-15)16(20)18-11-5-9-14-7-3-2-4-8-14/h2-4,6-8,10,12-13H,11H2,1H3,(H,18,20)(H,19,21). The maximum absolute atomic E-state index is 11.8. The van der Waals surface area contributed by atoms with Gasteiger partial charge in [-0.25, -0.2) is 0 Å². The zero-order chi connectivity index (χ0) is 15.8. The predicted molar refractivity (Wildman–Crippen MR) is 82.0 cm³/mol. The van der Waals surface area contributed by atoms with E-state index in [0.29, 0.717) is 0 Å². The lowest BCUT2D eigenvalue weighted by molar-refractivity contribution is -0.122. The molecule has 0 aliphatic rings. The molecular formula is C17H16N2O3. The molecule has 22 heavy (non-hydrogen) atoms. The molecule has 2 rings (SSSR count). The Bertz CT molecular complexity index is 682. The normalized spacial score (nSPS) is 11.0. The number of amides is 2. The van der Waals surface area contributed by atoms with E-state index in [2.05, 4.69) is 22.5 Å². The molecule has 0 saturated carbocycles. The third-order valence-corrected chi connectivity index (χ3v) is 2.84. The molecule has 5 heteroatoms. The first-order valence-electron chi connectivity index (χ1n) is 6.83. The summed E-state index contributed by atoms with van der Waals surface area (Å²) in [4.78, 5) is 23.6. The summed E-state index contributed by atoms with van der Waals surface area (Å²) in [6, 6.07) is 12.0. The first-order chi connectivity index (χ1) is 10.7. The Morgan fingerprint density at radius 2 is 1.95 bits per heavy atom. The fourth-order valence-corrected chi connectivity index (χ4v) is 1.69. The molecule has 0 saturated heterocycles. The van der Waals surface area contributed by atoms with Gasteiger partial charge in [-0.1, -0.05) is 30.0 Å². The Morgan fingerprint density at radius 1 is 1.18 bits per heavy atom. The highest BCUT2D eigenvalue weighted by atomic mass is 16.3. The number of hydrogen-bond donors (Lipinski definition) is 2. The summed E-state index contributed by atoms with van der Waals surface area (Å²) in [7, 11) is 0. The van der Waals surface area contributed by atoms with Crippen molar-refractivity contribution >= 4 is 11.8 Å². The largest absolute Gasteiger partial charge is 0.459 e. The molecule has 0 aliphatic carbocycles. The molecule has 2 aromatic rings. The number of benzene rings is 1. The molecule has 2 amide bonds. The number of carbonyl (C=O) groups is 2. The van der Waals surface area contributed by atoms with E-state index in [-0.39, 0.29) is 18.2 Å². The van der Waals surface area contributed by atoms with Gasteiger partial charge in [0.15, 0.2) is 5.76 Å². The lowest BCUT2D eigenvalue weighted by Gasteiger charge is -2.11. The van der Waals surface area contributed by atoms with Crippen molar-refractivity contribution in [3.05, 3.63) is 60.1 Å². The number of furan rings is 1. The second kappa shape index (κ2) is 7.70. The third kappa shape index (κ3) is 4.53. The van der Waals surface area contributed by atoms with Crippen molar-refractivity contribution in [1.29, 1.82) is 0 Å². The van der Waals surface area contributed by atoms with Crippen LogP contribution in [0.1, 0.15) is 23.0 Å². The van der Waals surface area contributed by atoms with Gasteiger partial charge in [0.05, 0.1) is 12.8 Å². The summed E-state index contributed by atoms with van der Waals surface area (Å²) in [5, 5.41) is 5.19. The second-order valence-corrected chi connectivity index (χ2v) is 4.56. The van der Waals surface area contributed by atoms with E-state index in [0.717, 1.165) is 5.56 Å². The van der Waals surface area contributed by atoms with E-state index in [9.17, 15) is 9.59 Å². The summed E-state index contributed by atoms with van der Waals surface area (Å²) < 4.78 is 4.96. The van der Waals surface area contributed by atoms with Gasteiger partial charge in [-0.15, -0.1) is 0 Å². The fraction of sp³-hybridized carbons (Fsp3) is 0.176. The van der Waals surface area contributed by atoms with Crippen LogP contribution in [0.3, 0.4) is 0 Å². The summed E-state index contributed by atoms with van der Waals surface area (Å²) in [5.74, 6) is 5.23. The van der Waals surface area contributed by atoms with Crippen molar-refractivity contribution in [2.45, 2.75) is 13.0 Å². The average Bonchev–Trinajstić information content (AvgIpc) is 3.07. The van der Waals surface area contributed by atoms with Gasteiger partial charge in [-0.05, 0) is 31.2 Å². The van der Waals surface area contributed by atoms with Crippen LogP contribution in [0.2, 0.25) is 0 Å². The Kier molecular flexibility index (Phi) is 5.38. The van der Waals surface area contributed by atoms with Gasteiger partial charge in [0.1, 0.15) is 6.04 Å². The minimum atomic E-state index is -0.670. The number of hydrogen-bond acceptors (Lipinski definition) is 3. The van der Waals surface area contributed by atoms with E-state index in [1.807, 2.05) is 30.3 Å². The Morgan fingerprint density at radius 3 is 2.64 bits per heavy atom. The summed E-state index contributed by atoms with van der Waals surface area (Å²) >= 11 is 0. The van der Waals surface area contributed by atoms with Crippen LogP contribution in [0.25, 0.3) is 0 Å². The first kappa shape index (κ1) is 15.4. The lowest BCUT2D eigenvalue weighted by atomic mass is 10.2. The number of carbonyl (C=O) groups excluding carboxylic acids is 2. The maximum atomic E-state index is 11.8. The van der Waals surface area contributed by atoms with E-state index >= 15 is 0 Å². The van der Waals surface area contributed by atoms with Gasteiger partial charge in [0, 0.05) is 5.56 Å². The SMILES string of the molecule is CC(NC(=O)c1ccco1)C(=O)NCC#Cc1ccccc1. The molecule has 0 aliphatic heterocycles. The molecule has 0 radical (unpaired) electrons. The summed E-state index contributed by atoms with van der Waals surface area (Å²) in [6.45, 7) is 1.81. The van der Waals surface area contributed by atoms with E-state index < -0.39 is 11.9 Å². The molecule has 1 unspecified atom stereocenters. The van der Waals surface area contributed by atoms with Gasteiger partial charge >= 0.3 is 0 Å². The topological polar surface area (TPSA) is 71.3 Å². The summed E-state index contributed by atoms with van der Waals surface area (Å²) in [5.41, 5.74) is 0.885. The number of nitrogens with one attached hydrogen (secondary N) is 2. The van der Waals surface area contributed by atoms with Crippen molar-refractivity contribution in [1.82, 2.24) is 10.6 Å². The van der Waals surface area contributed by atoms with Crippen molar-refractivity contribution in [3.63, 3.8) is 0 Å². The van der Waals surface area contributed by atoms with Crippen LogP contribution < -0.4 is 10.6 Å². The Hall–Kier alpha value is -3.00. The van der Waals surface area contributed by atoms with Gasteiger partial charge in [-0.3, -0.25) is 9.59 Å². The molecule has 0 fully saturated rings. The van der Waals surface area contributed by atoms with Crippen molar-refractivity contribution < 1.29 is 14.0 Å². The highest BCUT2D eigenvalue weighted by Gasteiger charge is 2.17. The van der Waals surface area contributed by atoms with Crippen molar-refractivity contribution in [3.8, 4) is 11.8 Å². The van der Waals surface area contributed by atoms with Gasteiger partial charge in [-0.2, -0.15) is 0 Å². The van der Waals surface area contributed by atoms with Crippen LogP contribution >= 0.6 is 0 Å². The molecule has 1 heterocycles. The minimum Gasteiger partial charge on any atom is -0.459 e. The zero-order valence-corrected chi connectivity index (χ0v) is 12.1. The van der Waals surface area contributed by atoms with Crippen molar-refractivity contribution in [2.75, 3.05) is 6.54 Å². The first-order valence-corrected chi connectivity index (χ1v) is 6.83. The molecule has 0 spiro atoms. The highest BCUT2D eigenvalue weighted by molar-refractivity contribution is 5.95. The van der Waals surface area contributed by atoms with Gasteiger partial charge in [0.2, 0.25) is 5.91 Å². The molecule has 5 nitrogen and oxygen atoms in total. The van der Waals surface area contributed by atoms with Crippen LogP contribution in [0.15, 0.2) is 53.1 Å². The quantitative estimate of drug-likeness (QED) is 0.841. The van der Waals surface area contributed by atoms with Crippen LogP contribution in [0.4, 0.5) is 0 Å². The zero-order valence-electron chi connectivity index (χ0n) is 12.1. The smallest absolute Gasteiger partial charge is 0.287 e. The second-order valence-electron chi connectivity index (χ2n) is 4.56. The molecule has 2 N–H and O–H groups in total. The predicted octanol–water partition coefficient (Wildman–Crippen LogP) is 1.57. The van der Waals surface area contributed by atoms with E-state index in [1.165, 1.54) is 12.3 Å². The third-order valence-electron chi connectivity index (χ3n) is 2.84. The van der Waals surface area contributed by atoms with E-state index in [1.54, 1.807) is 13.0 Å². The highest BCUT2D eigenvalue weighted by Crippen LogP contribution is 2.00. The van der Waals surface area contributed by atoms with Crippen molar-refractivity contribution in [2.24, 2.45) is 0 Å². The van der Waals surface area contributed by atoms with E-state index in [4.69, 9.17) is 4.42 Å². The molecule has 1 atom stereocenters. The fourth-order valence-electron chi connectivity index (χ4n) is 1.69. The van der Waals surface area contributed by atoms with Gasteiger partial charge < -0.3 is 15.1 Å².